The van der Waals surface area contributed by atoms with Crippen LogP contribution in [0.1, 0.15) is 5.56 Å². The zero-order chi connectivity index (χ0) is 22.4. The minimum Gasteiger partial charge on any atom is -0.495 e. The Hall–Kier alpha value is -2.94. The molecule has 31 heavy (non-hydrogen) atoms. The maximum atomic E-state index is 13.1. The van der Waals surface area contributed by atoms with Crippen molar-refractivity contribution in [3.63, 3.8) is 0 Å². The third-order valence-electron chi connectivity index (χ3n) is 4.44. The molecular weight excluding hydrogens is 443 g/mol. The second kappa shape index (κ2) is 9.91. The molecule has 0 spiro atoms. The predicted molar refractivity (Wildman–Crippen MR) is 117 cm³/mol. The number of amides is 1. The molecule has 0 saturated carbocycles. The summed E-state index contributed by atoms with van der Waals surface area (Å²) < 4.78 is 46.5. The monoisotopic (exact) mass is 462 g/mol. The molecule has 0 heterocycles. The Bertz CT molecular complexity index is 1160. The second-order valence-corrected chi connectivity index (χ2v) is 8.78. The van der Waals surface area contributed by atoms with Crippen LogP contribution in [0.2, 0.25) is 5.02 Å². The molecule has 1 atom stereocenters. The van der Waals surface area contributed by atoms with Crippen LogP contribution in [0.4, 0.5) is 10.1 Å². The van der Waals surface area contributed by atoms with E-state index in [0.29, 0.717) is 11.4 Å². The first-order valence-electron chi connectivity index (χ1n) is 9.25. The molecule has 1 amide bonds. The van der Waals surface area contributed by atoms with Crippen LogP contribution in [0, 0.1) is 5.82 Å². The zero-order valence-corrected chi connectivity index (χ0v) is 18.1. The summed E-state index contributed by atoms with van der Waals surface area (Å²) in [7, 11) is -2.66. The number of halogens is 2. The average Bonchev–Trinajstić information content (AvgIpc) is 2.75. The minimum atomic E-state index is -4.08. The Balaban J connectivity index is 1.87. The molecule has 0 radical (unpaired) electrons. The number of methoxy groups -OCH3 is 1. The molecular formula is C22H20ClFN2O4S. The summed E-state index contributed by atoms with van der Waals surface area (Å²) in [6.07, 6.45) is 0.108. The van der Waals surface area contributed by atoms with Gasteiger partial charge in [0.05, 0.1) is 17.0 Å². The van der Waals surface area contributed by atoms with Gasteiger partial charge in [-0.2, -0.15) is 4.72 Å². The quantitative estimate of drug-likeness (QED) is 0.529. The molecule has 162 valence electrons. The van der Waals surface area contributed by atoms with Crippen LogP contribution in [0.15, 0.2) is 77.7 Å². The fraction of sp³-hybridized carbons (Fsp3) is 0.136. The number of rotatable bonds is 8. The van der Waals surface area contributed by atoms with Crippen molar-refractivity contribution in [1.29, 1.82) is 0 Å². The number of hydrogen-bond donors (Lipinski definition) is 2. The summed E-state index contributed by atoms with van der Waals surface area (Å²) in [5, 5.41) is 2.74. The van der Waals surface area contributed by atoms with Gasteiger partial charge in [-0.15, -0.1) is 0 Å². The number of benzene rings is 3. The van der Waals surface area contributed by atoms with Crippen LogP contribution >= 0.6 is 11.6 Å². The molecule has 2 N–H and O–H groups in total. The fourth-order valence-electron chi connectivity index (χ4n) is 2.87. The highest BCUT2D eigenvalue weighted by atomic mass is 35.5. The van der Waals surface area contributed by atoms with Gasteiger partial charge in [-0.1, -0.05) is 41.9 Å². The lowest BCUT2D eigenvalue weighted by Crippen LogP contribution is -2.45. The molecule has 0 aliphatic carbocycles. The third-order valence-corrected chi connectivity index (χ3v) is 6.21. The Labute approximate surface area is 185 Å². The average molecular weight is 463 g/mol. The first-order chi connectivity index (χ1) is 14.8. The number of hydrogen-bond acceptors (Lipinski definition) is 4. The Morgan fingerprint density at radius 3 is 2.35 bits per heavy atom. The molecule has 3 aromatic carbocycles. The van der Waals surface area contributed by atoms with E-state index in [1.807, 2.05) is 6.07 Å². The van der Waals surface area contributed by atoms with Crippen molar-refractivity contribution in [2.24, 2.45) is 0 Å². The number of ether oxygens (including phenoxy) is 1. The summed E-state index contributed by atoms with van der Waals surface area (Å²) in [6, 6.07) is 17.1. The summed E-state index contributed by atoms with van der Waals surface area (Å²) in [5.41, 5.74) is 1.10. The SMILES string of the molecule is COc1ccc(S(=O)(=O)N[C@H](Cc2ccccc2)C(=O)Nc2ccc(F)cc2)cc1Cl. The van der Waals surface area contributed by atoms with Crippen molar-refractivity contribution < 1.29 is 22.3 Å². The van der Waals surface area contributed by atoms with Crippen LogP contribution in [-0.2, 0) is 21.2 Å². The van der Waals surface area contributed by atoms with E-state index >= 15 is 0 Å². The van der Waals surface area contributed by atoms with Crippen molar-refractivity contribution in [3.05, 3.63) is 89.2 Å². The van der Waals surface area contributed by atoms with Gasteiger partial charge in [0.1, 0.15) is 17.6 Å². The van der Waals surface area contributed by atoms with Gasteiger partial charge in [0.15, 0.2) is 0 Å². The molecule has 0 unspecified atom stereocenters. The highest BCUT2D eigenvalue weighted by Gasteiger charge is 2.27. The van der Waals surface area contributed by atoms with E-state index in [2.05, 4.69) is 10.0 Å². The van der Waals surface area contributed by atoms with Gasteiger partial charge in [-0.3, -0.25) is 4.79 Å². The number of carbonyl (C=O) groups is 1. The van der Waals surface area contributed by atoms with Crippen molar-refractivity contribution in [2.45, 2.75) is 17.4 Å². The van der Waals surface area contributed by atoms with E-state index in [-0.39, 0.29) is 16.3 Å². The first-order valence-corrected chi connectivity index (χ1v) is 11.1. The van der Waals surface area contributed by atoms with Crippen LogP contribution in [0.3, 0.4) is 0 Å². The smallest absolute Gasteiger partial charge is 0.242 e. The van der Waals surface area contributed by atoms with Crippen LogP contribution in [0.5, 0.6) is 5.75 Å². The number of sulfonamides is 1. The molecule has 3 aromatic rings. The number of nitrogens with one attached hydrogen (secondary N) is 2. The lowest BCUT2D eigenvalue weighted by molar-refractivity contribution is -0.117. The van der Waals surface area contributed by atoms with Gasteiger partial charge in [0, 0.05) is 5.69 Å². The van der Waals surface area contributed by atoms with Gasteiger partial charge in [-0.05, 0) is 54.4 Å². The summed E-state index contributed by atoms with van der Waals surface area (Å²) in [6.45, 7) is 0. The van der Waals surface area contributed by atoms with Crippen molar-refractivity contribution >= 4 is 33.2 Å². The molecule has 0 aliphatic rings. The van der Waals surface area contributed by atoms with E-state index in [1.165, 1.54) is 49.6 Å². The van der Waals surface area contributed by atoms with Crippen molar-refractivity contribution in [1.82, 2.24) is 4.72 Å². The van der Waals surface area contributed by atoms with Crippen LogP contribution < -0.4 is 14.8 Å². The van der Waals surface area contributed by atoms with E-state index in [1.54, 1.807) is 24.3 Å². The van der Waals surface area contributed by atoms with E-state index in [9.17, 15) is 17.6 Å². The second-order valence-electron chi connectivity index (χ2n) is 6.66. The van der Waals surface area contributed by atoms with E-state index in [4.69, 9.17) is 16.3 Å². The molecule has 9 heteroatoms. The van der Waals surface area contributed by atoms with Crippen LogP contribution in [0.25, 0.3) is 0 Å². The molecule has 0 fully saturated rings. The standard InChI is InChI=1S/C22H20ClFN2O4S/c1-30-21-12-11-18(14-19(21)23)31(28,29)26-20(13-15-5-3-2-4-6-15)22(27)25-17-9-7-16(24)8-10-17/h2-12,14,20,26H,13H2,1H3,(H,25,27)/t20-/m1/s1. The summed E-state index contributed by atoms with van der Waals surface area (Å²) in [5.74, 6) is -0.704. The molecule has 3 rings (SSSR count). The predicted octanol–water partition coefficient (Wildman–Crippen LogP) is 4.02. The van der Waals surface area contributed by atoms with Crippen LogP contribution in [-0.4, -0.2) is 27.5 Å². The number of carbonyl (C=O) groups excluding carboxylic acids is 1. The van der Waals surface area contributed by atoms with Crippen molar-refractivity contribution in [2.75, 3.05) is 12.4 Å². The molecule has 0 bridgehead atoms. The molecule has 0 aromatic heterocycles. The van der Waals surface area contributed by atoms with Gasteiger partial charge in [0.25, 0.3) is 0 Å². The van der Waals surface area contributed by atoms with Gasteiger partial charge in [0.2, 0.25) is 15.9 Å². The van der Waals surface area contributed by atoms with Gasteiger partial charge in [-0.25, -0.2) is 12.8 Å². The lowest BCUT2D eigenvalue weighted by Gasteiger charge is -2.19. The third kappa shape index (κ3) is 6.04. The normalized spacial score (nSPS) is 12.2. The minimum absolute atomic E-state index is 0.106. The summed E-state index contributed by atoms with van der Waals surface area (Å²) in [4.78, 5) is 12.8. The zero-order valence-electron chi connectivity index (χ0n) is 16.5. The fourth-order valence-corrected chi connectivity index (χ4v) is 4.41. The maximum Gasteiger partial charge on any atom is 0.242 e. The van der Waals surface area contributed by atoms with Gasteiger partial charge < -0.3 is 10.1 Å². The molecule has 0 aliphatic heterocycles. The lowest BCUT2D eigenvalue weighted by atomic mass is 10.1. The highest BCUT2D eigenvalue weighted by molar-refractivity contribution is 7.89. The van der Waals surface area contributed by atoms with Gasteiger partial charge >= 0.3 is 0 Å². The Morgan fingerprint density at radius 2 is 1.74 bits per heavy atom. The van der Waals surface area contributed by atoms with Crippen molar-refractivity contribution in [3.8, 4) is 5.75 Å². The summed E-state index contributed by atoms with van der Waals surface area (Å²) >= 11 is 6.06. The van der Waals surface area contributed by atoms with E-state index < -0.39 is 27.8 Å². The topological polar surface area (TPSA) is 84.5 Å². The highest BCUT2D eigenvalue weighted by Crippen LogP contribution is 2.27. The largest absolute Gasteiger partial charge is 0.495 e. The first kappa shape index (κ1) is 22.7. The Kier molecular flexibility index (Phi) is 7.27. The number of anilines is 1. The molecule has 0 saturated heterocycles. The maximum absolute atomic E-state index is 13.1. The molecule has 6 nitrogen and oxygen atoms in total. The Morgan fingerprint density at radius 1 is 1.06 bits per heavy atom. The van der Waals surface area contributed by atoms with E-state index in [0.717, 1.165) is 5.56 Å².